The second-order valence-corrected chi connectivity index (χ2v) is 10.4. The van der Waals surface area contributed by atoms with E-state index in [1.807, 2.05) is 24.4 Å². The zero-order valence-electron chi connectivity index (χ0n) is 16.5. The highest BCUT2D eigenvalue weighted by Crippen LogP contribution is 2.46. The fraction of sp³-hybridized carbons (Fsp3) is 0.450. The van der Waals surface area contributed by atoms with E-state index in [4.69, 9.17) is 19.5 Å². The molecule has 0 bridgehead atoms. The van der Waals surface area contributed by atoms with Crippen LogP contribution in [0.5, 0.6) is 0 Å². The Labute approximate surface area is 169 Å². The topological polar surface area (TPSA) is 108 Å². The van der Waals surface area contributed by atoms with Crippen LogP contribution in [0.25, 0.3) is 22.4 Å². The SMILES string of the molecule is C[C@@H]1COCCN1c1cc(C2C[C@H]2[S@](C)(=N)=O)nc(-c2ccnc3[nH]ccc23)n1. The Bertz CT molecular complexity index is 1170. The summed E-state index contributed by atoms with van der Waals surface area (Å²) in [6, 6.07) is 6.13. The molecule has 29 heavy (non-hydrogen) atoms. The quantitative estimate of drug-likeness (QED) is 0.682. The first-order valence-corrected chi connectivity index (χ1v) is 11.8. The maximum atomic E-state index is 12.3. The molecule has 0 amide bonds. The third kappa shape index (κ3) is 3.38. The lowest BCUT2D eigenvalue weighted by atomic mass is 10.1. The Morgan fingerprint density at radius 1 is 1.34 bits per heavy atom. The van der Waals surface area contributed by atoms with Crippen molar-refractivity contribution in [3.05, 3.63) is 36.3 Å². The molecular weight excluding hydrogens is 388 g/mol. The normalized spacial score (nSPS) is 26.4. The number of fused-ring (bicyclic) bond motifs is 1. The monoisotopic (exact) mass is 412 g/mol. The van der Waals surface area contributed by atoms with Crippen LogP contribution >= 0.6 is 0 Å². The van der Waals surface area contributed by atoms with Gasteiger partial charge in [-0.1, -0.05) is 0 Å². The number of aromatic amines is 1. The van der Waals surface area contributed by atoms with E-state index < -0.39 is 9.73 Å². The number of H-pyrrole nitrogens is 1. The first-order valence-electron chi connectivity index (χ1n) is 9.80. The van der Waals surface area contributed by atoms with Gasteiger partial charge >= 0.3 is 0 Å². The molecule has 1 unspecified atom stereocenters. The second kappa shape index (κ2) is 6.77. The molecule has 2 aliphatic rings. The molecule has 1 saturated carbocycles. The number of nitrogens with zero attached hydrogens (tertiary/aromatic N) is 4. The van der Waals surface area contributed by atoms with Gasteiger partial charge in [0.05, 0.1) is 30.2 Å². The molecule has 2 fully saturated rings. The van der Waals surface area contributed by atoms with Crippen molar-refractivity contribution in [3.8, 4) is 11.4 Å². The highest BCUT2D eigenvalue weighted by Gasteiger charge is 2.45. The Hall–Kier alpha value is -2.52. The van der Waals surface area contributed by atoms with Crippen LogP contribution in [0, 0.1) is 4.78 Å². The number of pyridine rings is 1. The van der Waals surface area contributed by atoms with Crippen LogP contribution in [0.15, 0.2) is 30.6 Å². The van der Waals surface area contributed by atoms with Crippen molar-refractivity contribution in [1.82, 2.24) is 19.9 Å². The van der Waals surface area contributed by atoms with E-state index in [0.717, 1.165) is 41.1 Å². The maximum Gasteiger partial charge on any atom is 0.162 e. The summed E-state index contributed by atoms with van der Waals surface area (Å²) in [5, 5.41) is 0.836. The molecule has 0 aromatic carbocycles. The molecule has 1 aliphatic carbocycles. The molecule has 4 heterocycles. The van der Waals surface area contributed by atoms with Crippen LogP contribution in [0.3, 0.4) is 0 Å². The van der Waals surface area contributed by atoms with Gasteiger partial charge < -0.3 is 14.6 Å². The van der Waals surface area contributed by atoms with E-state index in [1.54, 1.807) is 6.20 Å². The number of nitrogens with one attached hydrogen (secondary N) is 2. The number of morpholine rings is 1. The molecular formula is C20H24N6O2S. The van der Waals surface area contributed by atoms with Crippen LogP contribution in [0.2, 0.25) is 0 Å². The fourth-order valence-corrected chi connectivity index (χ4v) is 5.45. The molecule has 152 valence electrons. The summed E-state index contributed by atoms with van der Waals surface area (Å²) in [5.74, 6) is 1.55. The predicted octanol–water partition coefficient (Wildman–Crippen LogP) is 2.78. The van der Waals surface area contributed by atoms with Gasteiger partial charge in [0, 0.05) is 57.9 Å². The minimum absolute atomic E-state index is 0.0467. The summed E-state index contributed by atoms with van der Waals surface area (Å²) in [7, 11) is -2.59. The van der Waals surface area contributed by atoms with Gasteiger partial charge in [0.15, 0.2) is 5.82 Å². The average molecular weight is 413 g/mol. The highest BCUT2D eigenvalue weighted by atomic mass is 32.2. The van der Waals surface area contributed by atoms with Crippen LogP contribution in [-0.4, -0.2) is 61.5 Å². The van der Waals surface area contributed by atoms with Crippen molar-refractivity contribution in [2.75, 3.05) is 30.9 Å². The van der Waals surface area contributed by atoms with Gasteiger partial charge in [-0.2, -0.15) is 0 Å². The standard InChI is InChI=1S/C20H24N6O2S/c1-12-11-28-8-7-26(12)18-10-16(15-9-17(15)29(2,21)27)24-20(25-18)14-4-6-23-19-13(14)3-5-22-19/h3-6,10,12,15,17,21H,7-9,11H2,1-2H3,(H,22,23)/t12-,15?,17-,29-/m1/s1. The molecule has 5 rings (SSSR count). The number of ether oxygens (including phenoxy) is 1. The van der Waals surface area contributed by atoms with E-state index in [2.05, 4.69) is 21.8 Å². The van der Waals surface area contributed by atoms with E-state index in [1.165, 1.54) is 6.26 Å². The van der Waals surface area contributed by atoms with Crippen molar-refractivity contribution >= 4 is 26.6 Å². The average Bonchev–Trinajstić information content (AvgIpc) is 3.38. The number of rotatable bonds is 4. The lowest BCUT2D eigenvalue weighted by molar-refractivity contribution is 0.0985. The van der Waals surface area contributed by atoms with Crippen molar-refractivity contribution in [2.45, 2.75) is 30.6 Å². The largest absolute Gasteiger partial charge is 0.377 e. The molecule has 1 aliphatic heterocycles. The second-order valence-electron chi connectivity index (χ2n) is 7.97. The lowest BCUT2D eigenvalue weighted by Crippen LogP contribution is -2.44. The van der Waals surface area contributed by atoms with Crippen LogP contribution in [0.4, 0.5) is 5.82 Å². The van der Waals surface area contributed by atoms with Crippen molar-refractivity contribution in [3.63, 3.8) is 0 Å². The Morgan fingerprint density at radius 2 is 2.21 bits per heavy atom. The zero-order valence-corrected chi connectivity index (χ0v) is 17.3. The summed E-state index contributed by atoms with van der Waals surface area (Å²) in [4.78, 5) is 19.5. The van der Waals surface area contributed by atoms with Crippen LogP contribution in [-0.2, 0) is 14.5 Å². The molecule has 4 atom stereocenters. The van der Waals surface area contributed by atoms with Gasteiger partial charge in [-0.15, -0.1) is 0 Å². The predicted molar refractivity (Wildman–Crippen MR) is 113 cm³/mol. The summed E-state index contributed by atoms with van der Waals surface area (Å²) in [6.07, 6.45) is 5.88. The molecule has 3 aromatic heterocycles. The van der Waals surface area contributed by atoms with Gasteiger partial charge in [-0.3, -0.25) is 4.78 Å². The van der Waals surface area contributed by atoms with Crippen molar-refractivity contribution in [2.24, 2.45) is 0 Å². The van der Waals surface area contributed by atoms with E-state index in [9.17, 15) is 4.21 Å². The molecule has 0 radical (unpaired) electrons. The summed E-state index contributed by atoms with van der Waals surface area (Å²) in [5.41, 5.74) is 2.58. The fourth-order valence-electron chi connectivity index (χ4n) is 4.11. The minimum Gasteiger partial charge on any atom is -0.377 e. The van der Waals surface area contributed by atoms with Gasteiger partial charge in [0.2, 0.25) is 0 Å². The maximum absolute atomic E-state index is 12.3. The van der Waals surface area contributed by atoms with Crippen LogP contribution in [0.1, 0.15) is 25.0 Å². The van der Waals surface area contributed by atoms with Crippen molar-refractivity contribution in [1.29, 1.82) is 4.78 Å². The van der Waals surface area contributed by atoms with Crippen molar-refractivity contribution < 1.29 is 8.95 Å². The molecule has 1 saturated heterocycles. The van der Waals surface area contributed by atoms with E-state index >= 15 is 0 Å². The number of aromatic nitrogens is 4. The Morgan fingerprint density at radius 3 is 2.97 bits per heavy atom. The minimum atomic E-state index is -2.59. The lowest BCUT2D eigenvalue weighted by Gasteiger charge is -2.34. The number of hydrogen-bond donors (Lipinski definition) is 2. The summed E-state index contributed by atoms with van der Waals surface area (Å²) < 4.78 is 25.8. The van der Waals surface area contributed by atoms with Gasteiger partial charge in [0.1, 0.15) is 11.5 Å². The molecule has 3 aromatic rings. The number of hydrogen-bond acceptors (Lipinski definition) is 7. The summed E-state index contributed by atoms with van der Waals surface area (Å²) >= 11 is 0. The molecule has 9 heteroatoms. The molecule has 8 nitrogen and oxygen atoms in total. The Balaban J connectivity index is 1.63. The van der Waals surface area contributed by atoms with E-state index in [-0.39, 0.29) is 17.2 Å². The third-order valence-electron chi connectivity index (χ3n) is 5.78. The van der Waals surface area contributed by atoms with Crippen LogP contribution < -0.4 is 4.90 Å². The molecule has 0 spiro atoms. The number of anilines is 1. The smallest absolute Gasteiger partial charge is 0.162 e. The zero-order chi connectivity index (χ0) is 20.2. The first kappa shape index (κ1) is 18.5. The van der Waals surface area contributed by atoms with Gasteiger partial charge in [0.25, 0.3) is 0 Å². The van der Waals surface area contributed by atoms with Gasteiger partial charge in [-0.25, -0.2) is 19.2 Å². The third-order valence-corrected chi connectivity index (χ3v) is 7.46. The van der Waals surface area contributed by atoms with E-state index in [0.29, 0.717) is 19.0 Å². The first-order chi connectivity index (χ1) is 13.9. The highest BCUT2D eigenvalue weighted by molar-refractivity contribution is 7.92. The van der Waals surface area contributed by atoms with Gasteiger partial charge in [-0.05, 0) is 25.5 Å². The summed E-state index contributed by atoms with van der Waals surface area (Å²) in [6.45, 7) is 4.22. The molecule has 2 N–H and O–H groups in total. The Kier molecular flexibility index (Phi) is 4.32.